The summed E-state index contributed by atoms with van der Waals surface area (Å²) in [5, 5.41) is 0. The second-order valence-corrected chi connectivity index (χ2v) is 4.74. The SMILES string of the molecule is [NH-]C(=O)c1ccccc1OC/C=C/COc1ccccc1C([NH-])=O.[Y]. The molecule has 2 rings (SSSR count). The smallest absolute Gasteiger partial charge is 0.128 e. The molecule has 0 fully saturated rings. The van der Waals surface area contributed by atoms with Crippen LogP contribution in [0, 0.1) is 0 Å². The van der Waals surface area contributed by atoms with E-state index in [-0.39, 0.29) is 57.0 Å². The molecule has 0 saturated heterocycles. The Labute approximate surface area is 171 Å². The van der Waals surface area contributed by atoms with Gasteiger partial charge in [0.1, 0.15) is 24.7 Å². The van der Waals surface area contributed by atoms with E-state index in [2.05, 4.69) is 0 Å². The average molecular weight is 413 g/mol. The van der Waals surface area contributed by atoms with Crippen LogP contribution < -0.4 is 9.47 Å². The summed E-state index contributed by atoms with van der Waals surface area (Å²) < 4.78 is 10.9. The summed E-state index contributed by atoms with van der Waals surface area (Å²) in [7, 11) is 0. The first-order valence-corrected chi connectivity index (χ1v) is 7.20. The minimum atomic E-state index is -0.797. The molecule has 2 aromatic carbocycles. The van der Waals surface area contributed by atoms with Gasteiger partial charge in [-0.05, 0) is 36.4 Å². The van der Waals surface area contributed by atoms with Crippen LogP contribution in [0.4, 0.5) is 0 Å². The van der Waals surface area contributed by atoms with E-state index in [0.717, 1.165) is 0 Å². The summed E-state index contributed by atoms with van der Waals surface area (Å²) in [4.78, 5) is 22.3. The molecule has 25 heavy (non-hydrogen) atoms. The van der Waals surface area contributed by atoms with Gasteiger partial charge in [0.25, 0.3) is 0 Å². The van der Waals surface area contributed by atoms with Crippen molar-refractivity contribution < 1.29 is 51.8 Å². The van der Waals surface area contributed by atoms with Crippen LogP contribution in [0.3, 0.4) is 0 Å². The monoisotopic (exact) mass is 413 g/mol. The third kappa shape index (κ3) is 6.32. The van der Waals surface area contributed by atoms with Crippen molar-refractivity contribution in [2.45, 2.75) is 0 Å². The van der Waals surface area contributed by atoms with E-state index in [1.165, 1.54) is 12.1 Å². The van der Waals surface area contributed by atoms with Gasteiger partial charge in [0.15, 0.2) is 0 Å². The first-order chi connectivity index (χ1) is 11.6. The Balaban J connectivity index is 0.00000312. The van der Waals surface area contributed by atoms with Crippen molar-refractivity contribution in [1.82, 2.24) is 0 Å². The molecule has 0 atom stereocenters. The van der Waals surface area contributed by atoms with Crippen LogP contribution in [0.2, 0.25) is 0 Å². The number of para-hydroxylation sites is 2. The first-order valence-electron chi connectivity index (χ1n) is 7.20. The number of benzene rings is 2. The molecule has 2 amide bonds. The number of nitrogens with one attached hydrogen (secondary N) is 2. The molecule has 6 nitrogen and oxygen atoms in total. The van der Waals surface area contributed by atoms with Crippen LogP contribution in [0.5, 0.6) is 11.5 Å². The summed E-state index contributed by atoms with van der Waals surface area (Å²) >= 11 is 0. The molecule has 0 aliphatic heterocycles. The van der Waals surface area contributed by atoms with Crippen LogP contribution in [-0.2, 0) is 32.7 Å². The van der Waals surface area contributed by atoms with Gasteiger partial charge in [-0.1, -0.05) is 24.3 Å². The van der Waals surface area contributed by atoms with Crippen molar-refractivity contribution >= 4 is 11.8 Å². The Kier molecular flexibility index (Phi) is 8.88. The fraction of sp³-hybridized carbons (Fsp3) is 0.111. The predicted octanol–water partition coefficient (Wildman–Crippen LogP) is 4.08. The number of amides is 2. The Morgan fingerprint density at radius 1 is 0.760 bits per heavy atom. The van der Waals surface area contributed by atoms with E-state index in [1.807, 2.05) is 0 Å². The van der Waals surface area contributed by atoms with Crippen molar-refractivity contribution in [3.8, 4) is 11.5 Å². The van der Waals surface area contributed by atoms with E-state index in [9.17, 15) is 9.59 Å². The molecule has 0 heterocycles. The predicted molar refractivity (Wildman–Crippen MR) is 90.3 cm³/mol. The Bertz CT molecular complexity index is 699. The van der Waals surface area contributed by atoms with Crippen molar-refractivity contribution in [1.29, 1.82) is 0 Å². The number of ether oxygens (including phenoxy) is 2. The minimum absolute atomic E-state index is 0. The summed E-state index contributed by atoms with van der Waals surface area (Å²) in [6.45, 7) is 0.430. The molecule has 1 radical (unpaired) electrons. The third-order valence-electron chi connectivity index (χ3n) is 3.10. The van der Waals surface area contributed by atoms with E-state index < -0.39 is 11.8 Å². The van der Waals surface area contributed by atoms with Crippen LogP contribution in [-0.4, -0.2) is 25.0 Å². The minimum Gasteiger partial charge on any atom is -0.663 e. The maximum atomic E-state index is 11.2. The molecule has 0 bridgehead atoms. The first kappa shape index (κ1) is 20.9. The number of hydrogen-bond donors (Lipinski definition) is 0. The second-order valence-electron chi connectivity index (χ2n) is 4.74. The van der Waals surface area contributed by atoms with Gasteiger partial charge in [-0.25, -0.2) is 0 Å². The molecule has 0 spiro atoms. The van der Waals surface area contributed by atoms with Gasteiger partial charge in [-0.2, -0.15) is 0 Å². The Morgan fingerprint density at radius 3 is 1.48 bits per heavy atom. The van der Waals surface area contributed by atoms with E-state index in [4.69, 9.17) is 20.9 Å². The van der Waals surface area contributed by atoms with Crippen molar-refractivity contribution in [3.05, 3.63) is 83.3 Å². The number of carbonyl (C=O) groups excluding carboxylic acids is 2. The van der Waals surface area contributed by atoms with Gasteiger partial charge in [-0.15, -0.1) is 0 Å². The summed E-state index contributed by atoms with van der Waals surface area (Å²) in [5.74, 6) is -0.884. The van der Waals surface area contributed by atoms with Crippen LogP contribution in [0.25, 0.3) is 11.5 Å². The number of hydrogen-bond acceptors (Lipinski definition) is 4. The molecule has 7 heteroatoms. The fourth-order valence-electron chi connectivity index (χ4n) is 1.97. The molecule has 0 aliphatic carbocycles. The number of carbonyl (C=O) groups is 2. The van der Waals surface area contributed by atoms with Gasteiger partial charge in [-0.3, -0.25) is 0 Å². The van der Waals surface area contributed by atoms with Crippen molar-refractivity contribution in [2.75, 3.05) is 13.2 Å². The zero-order valence-electron chi connectivity index (χ0n) is 13.4. The standard InChI is InChI=1S/C18H18N2O4.Y/c19-17(21)13-7-1-3-9-15(13)23-11-5-6-12-24-16-10-4-2-8-14(16)18(20)22;/h1-10H,11-12H2,(H4,19,20,21,22);/p-2/b6-5+;. The second kappa shape index (κ2) is 10.6. The maximum Gasteiger partial charge on any atom is 0.128 e. The largest absolute Gasteiger partial charge is 0.663 e. The molecule has 127 valence electrons. The van der Waals surface area contributed by atoms with Crippen molar-refractivity contribution in [2.24, 2.45) is 0 Å². The average Bonchev–Trinajstić information content (AvgIpc) is 2.58. The van der Waals surface area contributed by atoms with E-state index >= 15 is 0 Å². The van der Waals surface area contributed by atoms with Crippen LogP contribution >= 0.6 is 0 Å². The quantitative estimate of drug-likeness (QED) is 0.609. The summed E-state index contributed by atoms with van der Waals surface area (Å²) in [6, 6.07) is 13.1. The molecular weight excluding hydrogens is 397 g/mol. The zero-order chi connectivity index (χ0) is 17.4. The molecule has 0 aliphatic rings. The van der Waals surface area contributed by atoms with Gasteiger partial charge in [0.05, 0.1) is 11.8 Å². The van der Waals surface area contributed by atoms with E-state index in [1.54, 1.807) is 48.6 Å². The molecule has 2 N–H and O–H groups in total. The van der Waals surface area contributed by atoms with Gasteiger partial charge < -0.3 is 30.5 Å². The molecule has 0 unspecified atom stereocenters. The third-order valence-corrected chi connectivity index (χ3v) is 3.10. The summed E-state index contributed by atoms with van der Waals surface area (Å²) in [5.41, 5.74) is 14.7. The summed E-state index contributed by atoms with van der Waals surface area (Å²) in [6.07, 6.45) is 3.41. The van der Waals surface area contributed by atoms with Gasteiger partial charge in [0, 0.05) is 43.8 Å². The molecule has 0 aromatic heterocycles. The van der Waals surface area contributed by atoms with Crippen LogP contribution in [0.15, 0.2) is 60.7 Å². The van der Waals surface area contributed by atoms with E-state index in [0.29, 0.717) is 11.5 Å². The maximum absolute atomic E-state index is 11.2. The molecular formula is C18H16N2O4Y-2. The zero-order valence-corrected chi connectivity index (χ0v) is 16.2. The fourth-order valence-corrected chi connectivity index (χ4v) is 1.97. The van der Waals surface area contributed by atoms with Gasteiger partial charge >= 0.3 is 0 Å². The number of rotatable bonds is 8. The molecule has 2 aromatic rings. The van der Waals surface area contributed by atoms with Crippen LogP contribution in [0.1, 0.15) is 20.7 Å². The van der Waals surface area contributed by atoms with Gasteiger partial charge in [0.2, 0.25) is 0 Å². The Hall–Kier alpha value is -2.18. The normalized spacial score (nSPS) is 10.1. The Morgan fingerprint density at radius 2 is 1.12 bits per heavy atom. The van der Waals surface area contributed by atoms with Crippen molar-refractivity contribution in [3.63, 3.8) is 0 Å². The molecule has 0 saturated carbocycles. The topological polar surface area (TPSA) is 100 Å².